The molecule has 192 valence electrons. The van der Waals surface area contributed by atoms with Crippen molar-refractivity contribution in [2.24, 2.45) is 5.92 Å². The summed E-state index contributed by atoms with van der Waals surface area (Å²) in [5, 5.41) is 7.28. The van der Waals surface area contributed by atoms with Crippen molar-refractivity contribution in [1.82, 2.24) is 0 Å². The molecule has 2 unspecified atom stereocenters. The quantitative estimate of drug-likeness (QED) is 0.338. The SMILES string of the molecule is CCCOc1ccc(C2CC(=O)C3=C(C2)Nc2ccccc2NC3c2ccc(OCC(C)C)cc2)cc1. The molecule has 3 aromatic carbocycles. The number of para-hydroxylation sites is 2. The number of carbonyl (C=O) groups excluding carboxylic acids is 1. The van der Waals surface area contributed by atoms with Gasteiger partial charge in [-0.15, -0.1) is 0 Å². The van der Waals surface area contributed by atoms with Gasteiger partial charge < -0.3 is 20.1 Å². The lowest BCUT2D eigenvalue weighted by Crippen LogP contribution is -2.26. The first-order valence-corrected chi connectivity index (χ1v) is 13.4. The van der Waals surface area contributed by atoms with E-state index in [-0.39, 0.29) is 17.7 Å². The Kier molecular flexibility index (Phi) is 7.50. The normalized spacial score (nSPS) is 18.9. The number of hydrogen-bond donors (Lipinski definition) is 2. The Morgan fingerprint density at radius 1 is 0.838 bits per heavy atom. The second-order valence-electron chi connectivity index (χ2n) is 10.4. The van der Waals surface area contributed by atoms with Crippen molar-refractivity contribution in [2.45, 2.75) is 52.0 Å². The molecule has 1 aliphatic heterocycles. The molecule has 2 atom stereocenters. The van der Waals surface area contributed by atoms with Gasteiger partial charge in [-0.1, -0.05) is 57.2 Å². The molecule has 37 heavy (non-hydrogen) atoms. The second kappa shape index (κ2) is 11.1. The molecule has 0 fully saturated rings. The van der Waals surface area contributed by atoms with Gasteiger partial charge in [0.15, 0.2) is 5.78 Å². The van der Waals surface area contributed by atoms with Gasteiger partial charge in [-0.3, -0.25) is 4.79 Å². The fraction of sp³-hybridized carbons (Fsp3) is 0.344. The van der Waals surface area contributed by atoms with E-state index < -0.39 is 0 Å². The number of benzene rings is 3. The van der Waals surface area contributed by atoms with Gasteiger partial charge in [-0.25, -0.2) is 0 Å². The third-order valence-corrected chi connectivity index (χ3v) is 6.93. The topological polar surface area (TPSA) is 59.6 Å². The van der Waals surface area contributed by atoms with Crippen molar-refractivity contribution in [3.05, 3.63) is 95.2 Å². The molecule has 0 bridgehead atoms. The zero-order valence-electron chi connectivity index (χ0n) is 21.9. The van der Waals surface area contributed by atoms with Crippen molar-refractivity contribution in [3.63, 3.8) is 0 Å². The van der Waals surface area contributed by atoms with Crippen molar-refractivity contribution >= 4 is 17.2 Å². The molecule has 3 aromatic rings. The number of anilines is 2. The van der Waals surface area contributed by atoms with Crippen molar-refractivity contribution in [3.8, 4) is 11.5 Å². The predicted molar refractivity (Wildman–Crippen MR) is 149 cm³/mol. The van der Waals surface area contributed by atoms with Gasteiger partial charge in [0.05, 0.1) is 30.6 Å². The standard InChI is InChI=1S/C32H36N2O3/c1-4-17-36-25-13-9-22(10-14-25)24-18-29-31(30(35)19-24)32(34-28-8-6-5-7-27(28)33-29)23-11-15-26(16-12-23)37-20-21(2)3/h5-16,21,24,32-34H,4,17-20H2,1-3H3. The van der Waals surface area contributed by atoms with E-state index in [1.807, 2.05) is 36.4 Å². The lowest BCUT2D eigenvalue weighted by Gasteiger charge is -2.30. The number of allylic oxidation sites excluding steroid dienone is 1. The summed E-state index contributed by atoms with van der Waals surface area (Å²) in [6.07, 6.45) is 2.24. The van der Waals surface area contributed by atoms with Gasteiger partial charge in [0.1, 0.15) is 11.5 Å². The van der Waals surface area contributed by atoms with Crippen LogP contribution < -0.4 is 20.1 Å². The van der Waals surface area contributed by atoms with Crippen LogP contribution in [0.5, 0.6) is 11.5 Å². The van der Waals surface area contributed by atoms with Crippen molar-refractivity contribution < 1.29 is 14.3 Å². The number of ketones is 1. The smallest absolute Gasteiger partial charge is 0.163 e. The Labute approximate surface area is 219 Å². The number of nitrogens with one attached hydrogen (secondary N) is 2. The van der Waals surface area contributed by atoms with Crippen LogP contribution in [-0.2, 0) is 4.79 Å². The van der Waals surface area contributed by atoms with Crippen LogP contribution in [-0.4, -0.2) is 19.0 Å². The Bertz CT molecular complexity index is 1260. The van der Waals surface area contributed by atoms with Gasteiger partial charge in [0.25, 0.3) is 0 Å². The Hall–Kier alpha value is -3.73. The zero-order chi connectivity index (χ0) is 25.8. The first-order valence-electron chi connectivity index (χ1n) is 13.4. The molecule has 0 saturated heterocycles. The van der Waals surface area contributed by atoms with Gasteiger partial charge in [-0.2, -0.15) is 0 Å². The molecule has 0 amide bonds. The highest BCUT2D eigenvalue weighted by Crippen LogP contribution is 2.44. The highest BCUT2D eigenvalue weighted by atomic mass is 16.5. The summed E-state index contributed by atoms with van der Waals surface area (Å²) in [5.41, 5.74) is 6.02. The summed E-state index contributed by atoms with van der Waals surface area (Å²) in [6, 6.07) is 24.3. The fourth-order valence-electron chi connectivity index (χ4n) is 5.05. The second-order valence-corrected chi connectivity index (χ2v) is 10.4. The van der Waals surface area contributed by atoms with Gasteiger partial charge in [0, 0.05) is 17.7 Å². The van der Waals surface area contributed by atoms with Crippen LogP contribution in [0.4, 0.5) is 11.4 Å². The maximum Gasteiger partial charge on any atom is 0.163 e. The first kappa shape index (κ1) is 24.9. The molecule has 0 spiro atoms. The average molecular weight is 497 g/mol. The molecule has 1 heterocycles. The zero-order valence-corrected chi connectivity index (χ0v) is 21.9. The molecule has 5 rings (SSSR count). The molecule has 2 aliphatic rings. The molecular formula is C32H36N2O3. The highest BCUT2D eigenvalue weighted by molar-refractivity contribution is 6.01. The van der Waals surface area contributed by atoms with Crippen LogP contribution in [0.1, 0.15) is 63.1 Å². The summed E-state index contributed by atoms with van der Waals surface area (Å²) < 4.78 is 11.6. The third-order valence-electron chi connectivity index (χ3n) is 6.93. The van der Waals surface area contributed by atoms with E-state index in [9.17, 15) is 4.79 Å². The predicted octanol–water partition coefficient (Wildman–Crippen LogP) is 7.49. The molecule has 1 aliphatic carbocycles. The molecule has 0 saturated carbocycles. The van der Waals surface area contributed by atoms with Crippen LogP contribution in [0.15, 0.2) is 84.1 Å². The van der Waals surface area contributed by atoms with Crippen LogP contribution in [0.3, 0.4) is 0 Å². The maximum absolute atomic E-state index is 13.8. The largest absolute Gasteiger partial charge is 0.494 e. The summed E-state index contributed by atoms with van der Waals surface area (Å²) in [6.45, 7) is 7.76. The lowest BCUT2D eigenvalue weighted by molar-refractivity contribution is -0.116. The van der Waals surface area contributed by atoms with Crippen LogP contribution in [0.25, 0.3) is 0 Å². The molecule has 5 heteroatoms. The van der Waals surface area contributed by atoms with E-state index in [0.717, 1.165) is 52.5 Å². The van der Waals surface area contributed by atoms with E-state index in [1.165, 1.54) is 5.56 Å². The van der Waals surface area contributed by atoms with Crippen LogP contribution in [0.2, 0.25) is 0 Å². The number of hydrogen-bond acceptors (Lipinski definition) is 5. The first-order chi connectivity index (χ1) is 18.0. The molecular weight excluding hydrogens is 460 g/mol. The van der Waals surface area contributed by atoms with E-state index in [4.69, 9.17) is 9.47 Å². The van der Waals surface area contributed by atoms with E-state index in [0.29, 0.717) is 25.6 Å². The minimum Gasteiger partial charge on any atom is -0.494 e. The Morgan fingerprint density at radius 3 is 2.16 bits per heavy atom. The lowest BCUT2D eigenvalue weighted by atomic mass is 9.78. The summed E-state index contributed by atoms with van der Waals surface area (Å²) in [7, 11) is 0. The van der Waals surface area contributed by atoms with E-state index in [1.54, 1.807) is 0 Å². The third kappa shape index (κ3) is 5.66. The van der Waals surface area contributed by atoms with Crippen molar-refractivity contribution in [1.29, 1.82) is 0 Å². The molecule has 2 N–H and O–H groups in total. The minimum atomic E-state index is -0.233. The van der Waals surface area contributed by atoms with Gasteiger partial charge in [0.2, 0.25) is 0 Å². The minimum absolute atomic E-state index is 0.122. The Balaban J connectivity index is 1.45. The number of ether oxygens (including phenoxy) is 2. The number of carbonyl (C=O) groups is 1. The number of fused-ring (bicyclic) bond motifs is 1. The fourth-order valence-corrected chi connectivity index (χ4v) is 5.05. The molecule has 5 nitrogen and oxygen atoms in total. The van der Waals surface area contributed by atoms with E-state index >= 15 is 0 Å². The highest BCUT2D eigenvalue weighted by Gasteiger charge is 2.36. The van der Waals surface area contributed by atoms with Crippen LogP contribution in [0, 0.1) is 5.92 Å². The van der Waals surface area contributed by atoms with Gasteiger partial charge in [-0.05, 0) is 72.2 Å². The van der Waals surface area contributed by atoms with Gasteiger partial charge >= 0.3 is 0 Å². The van der Waals surface area contributed by atoms with E-state index in [2.05, 4.69) is 67.8 Å². The van der Waals surface area contributed by atoms with Crippen molar-refractivity contribution in [2.75, 3.05) is 23.8 Å². The summed E-state index contributed by atoms with van der Waals surface area (Å²) in [5.74, 6) is 2.48. The Morgan fingerprint density at radius 2 is 1.49 bits per heavy atom. The maximum atomic E-state index is 13.8. The molecule has 0 radical (unpaired) electrons. The summed E-state index contributed by atoms with van der Waals surface area (Å²) >= 11 is 0. The number of Topliss-reactive ketones (excluding diaryl/α,β-unsaturated/α-hetero) is 1. The molecule has 0 aromatic heterocycles. The monoisotopic (exact) mass is 496 g/mol. The number of rotatable bonds is 8. The summed E-state index contributed by atoms with van der Waals surface area (Å²) in [4.78, 5) is 13.8. The average Bonchev–Trinajstić information content (AvgIpc) is 3.08. The van der Waals surface area contributed by atoms with Crippen LogP contribution >= 0.6 is 0 Å².